The molecule has 2 aliphatic carbocycles. The van der Waals surface area contributed by atoms with Gasteiger partial charge in [0.2, 0.25) is 17.6 Å². The molecule has 2 aliphatic rings. The number of nitrogens with zero attached hydrogens (tertiary/aromatic N) is 3. The zero-order chi connectivity index (χ0) is 21.3. The van der Waals surface area contributed by atoms with Gasteiger partial charge in [-0.05, 0) is 32.1 Å². The molecule has 2 heterocycles. The Bertz CT molecular complexity index is 943. The number of anilines is 3. The Kier molecular flexibility index (Phi) is 5.40. The van der Waals surface area contributed by atoms with E-state index in [1.165, 1.54) is 19.2 Å². The van der Waals surface area contributed by atoms with Gasteiger partial charge in [-0.3, -0.25) is 4.79 Å². The molecular formula is C20H23F2N5O3. The molecule has 0 spiro atoms. The quantitative estimate of drug-likeness (QED) is 0.663. The predicted molar refractivity (Wildman–Crippen MR) is 105 cm³/mol. The van der Waals surface area contributed by atoms with Crippen LogP contribution in [0, 0.1) is 0 Å². The SMILES string of the molecule is CC(=O)Nc1cc(Nc2cc(OC3CC3)nc(C(C)(F)F)n2)c(OC2CCC2)cn1. The van der Waals surface area contributed by atoms with Crippen molar-refractivity contribution in [3.63, 3.8) is 0 Å². The molecule has 2 aromatic heterocycles. The van der Waals surface area contributed by atoms with Crippen molar-refractivity contribution < 1.29 is 23.0 Å². The lowest BCUT2D eigenvalue weighted by atomic mass is 9.96. The average Bonchev–Trinajstić information content (AvgIpc) is 3.42. The molecule has 8 nitrogen and oxygen atoms in total. The van der Waals surface area contributed by atoms with Crippen LogP contribution in [0.3, 0.4) is 0 Å². The maximum absolute atomic E-state index is 13.9. The van der Waals surface area contributed by atoms with Gasteiger partial charge < -0.3 is 20.1 Å². The second kappa shape index (κ2) is 8.00. The summed E-state index contributed by atoms with van der Waals surface area (Å²) in [6, 6.07) is 3.04. The first kappa shape index (κ1) is 20.2. The first-order valence-electron chi connectivity index (χ1n) is 9.91. The summed E-state index contributed by atoms with van der Waals surface area (Å²) in [6.07, 6.45) is 6.27. The van der Waals surface area contributed by atoms with Crippen LogP contribution >= 0.6 is 0 Å². The maximum Gasteiger partial charge on any atom is 0.304 e. The van der Waals surface area contributed by atoms with Gasteiger partial charge in [0.15, 0.2) is 5.75 Å². The van der Waals surface area contributed by atoms with E-state index >= 15 is 0 Å². The molecule has 160 valence electrons. The lowest BCUT2D eigenvalue weighted by Gasteiger charge is -2.27. The number of hydrogen-bond acceptors (Lipinski definition) is 7. The number of hydrogen-bond donors (Lipinski definition) is 2. The van der Waals surface area contributed by atoms with Gasteiger partial charge in [-0.25, -0.2) is 9.97 Å². The number of aromatic nitrogens is 3. The number of nitrogens with one attached hydrogen (secondary N) is 2. The summed E-state index contributed by atoms with van der Waals surface area (Å²) in [5.41, 5.74) is 0.446. The lowest BCUT2D eigenvalue weighted by molar-refractivity contribution is -0.114. The summed E-state index contributed by atoms with van der Waals surface area (Å²) < 4.78 is 39.4. The number of halogens is 2. The van der Waals surface area contributed by atoms with Crippen LogP contribution in [0.4, 0.5) is 26.1 Å². The molecule has 30 heavy (non-hydrogen) atoms. The highest BCUT2D eigenvalue weighted by Gasteiger charge is 2.31. The van der Waals surface area contributed by atoms with Gasteiger partial charge in [-0.2, -0.15) is 13.8 Å². The molecule has 2 fully saturated rings. The smallest absolute Gasteiger partial charge is 0.304 e. The summed E-state index contributed by atoms with van der Waals surface area (Å²) in [5.74, 6) is -3.18. The largest absolute Gasteiger partial charge is 0.487 e. The van der Waals surface area contributed by atoms with Gasteiger partial charge in [0.1, 0.15) is 17.7 Å². The van der Waals surface area contributed by atoms with Crippen LogP contribution in [0.25, 0.3) is 0 Å². The van der Waals surface area contributed by atoms with Crippen molar-refractivity contribution in [1.29, 1.82) is 0 Å². The van der Waals surface area contributed by atoms with Crippen LogP contribution in [0.5, 0.6) is 11.6 Å². The Labute approximate surface area is 172 Å². The molecule has 4 rings (SSSR count). The van der Waals surface area contributed by atoms with Crippen LogP contribution in [0.2, 0.25) is 0 Å². The Morgan fingerprint density at radius 2 is 1.83 bits per heavy atom. The second-order valence-corrected chi connectivity index (χ2v) is 7.66. The van der Waals surface area contributed by atoms with Crippen LogP contribution in [-0.4, -0.2) is 33.1 Å². The van der Waals surface area contributed by atoms with Crippen molar-refractivity contribution in [3.05, 3.63) is 24.2 Å². The summed E-state index contributed by atoms with van der Waals surface area (Å²) in [6.45, 7) is 2.11. The number of ether oxygens (including phenoxy) is 2. The molecule has 10 heteroatoms. The van der Waals surface area contributed by atoms with Gasteiger partial charge in [0.25, 0.3) is 0 Å². The zero-order valence-corrected chi connectivity index (χ0v) is 16.7. The topological polar surface area (TPSA) is 98.3 Å². The van der Waals surface area contributed by atoms with E-state index in [1.807, 2.05) is 0 Å². The Morgan fingerprint density at radius 3 is 2.43 bits per heavy atom. The summed E-state index contributed by atoms with van der Waals surface area (Å²) >= 11 is 0. The Balaban J connectivity index is 1.65. The summed E-state index contributed by atoms with van der Waals surface area (Å²) in [4.78, 5) is 23.4. The number of pyridine rings is 1. The molecule has 0 saturated heterocycles. The van der Waals surface area contributed by atoms with Gasteiger partial charge >= 0.3 is 5.92 Å². The highest BCUT2D eigenvalue weighted by Crippen LogP contribution is 2.35. The van der Waals surface area contributed by atoms with E-state index in [0.717, 1.165) is 39.0 Å². The minimum atomic E-state index is -3.23. The van der Waals surface area contributed by atoms with E-state index in [1.54, 1.807) is 6.07 Å². The highest BCUT2D eigenvalue weighted by atomic mass is 19.3. The Morgan fingerprint density at radius 1 is 1.10 bits per heavy atom. The van der Waals surface area contributed by atoms with Crippen molar-refractivity contribution in [3.8, 4) is 11.6 Å². The number of carbonyl (C=O) groups excluding carboxylic acids is 1. The van der Waals surface area contributed by atoms with E-state index < -0.39 is 11.7 Å². The molecule has 0 unspecified atom stereocenters. The van der Waals surface area contributed by atoms with Crippen molar-refractivity contribution in [2.75, 3.05) is 10.6 Å². The number of carbonyl (C=O) groups is 1. The third-order valence-electron chi connectivity index (χ3n) is 4.69. The standard InChI is InChI=1S/C20H23F2N5O3/c1-11(28)24-16-8-14(15(10-23-16)29-12-4-3-5-12)25-17-9-18(30-13-6-7-13)27-19(26-17)20(2,21)22/h8-10,12-13H,3-7H2,1-2H3,(H2,23,24,25,26,27,28). The molecule has 2 aromatic rings. The van der Waals surface area contributed by atoms with Crippen molar-refractivity contribution in [2.24, 2.45) is 0 Å². The number of amides is 1. The molecule has 1 amide bonds. The summed E-state index contributed by atoms with van der Waals surface area (Å²) in [5, 5.41) is 5.60. The molecule has 0 atom stereocenters. The molecule has 0 aromatic carbocycles. The first-order valence-corrected chi connectivity index (χ1v) is 9.91. The average molecular weight is 419 g/mol. The van der Waals surface area contributed by atoms with Crippen LogP contribution < -0.4 is 20.1 Å². The fourth-order valence-corrected chi connectivity index (χ4v) is 2.79. The van der Waals surface area contributed by atoms with Gasteiger partial charge in [0.05, 0.1) is 18.0 Å². The third-order valence-corrected chi connectivity index (χ3v) is 4.69. The van der Waals surface area contributed by atoms with E-state index in [2.05, 4.69) is 25.6 Å². The second-order valence-electron chi connectivity index (χ2n) is 7.66. The summed E-state index contributed by atoms with van der Waals surface area (Å²) in [7, 11) is 0. The predicted octanol–water partition coefficient (Wildman–Crippen LogP) is 4.16. The first-order chi connectivity index (χ1) is 14.3. The minimum Gasteiger partial charge on any atom is -0.487 e. The van der Waals surface area contributed by atoms with E-state index in [9.17, 15) is 13.6 Å². The molecule has 0 aliphatic heterocycles. The van der Waals surface area contributed by atoms with Crippen molar-refractivity contribution in [2.45, 2.75) is 64.1 Å². The fraction of sp³-hybridized carbons (Fsp3) is 0.500. The van der Waals surface area contributed by atoms with Gasteiger partial charge in [-0.15, -0.1) is 0 Å². The molecule has 0 radical (unpaired) electrons. The normalized spacial score (nSPS) is 16.5. The van der Waals surface area contributed by atoms with Crippen LogP contribution in [0.15, 0.2) is 18.3 Å². The van der Waals surface area contributed by atoms with E-state index in [-0.39, 0.29) is 29.8 Å². The number of alkyl halides is 2. The minimum absolute atomic E-state index is 0.00381. The molecule has 2 saturated carbocycles. The van der Waals surface area contributed by atoms with Gasteiger partial charge in [-0.1, -0.05) is 0 Å². The van der Waals surface area contributed by atoms with E-state index in [0.29, 0.717) is 17.3 Å². The molecular weight excluding hydrogens is 396 g/mol. The van der Waals surface area contributed by atoms with Crippen LogP contribution in [-0.2, 0) is 10.7 Å². The van der Waals surface area contributed by atoms with Crippen LogP contribution in [0.1, 0.15) is 51.8 Å². The monoisotopic (exact) mass is 419 g/mol. The Hall–Kier alpha value is -3.04. The number of rotatable bonds is 8. The third kappa shape index (κ3) is 5.11. The van der Waals surface area contributed by atoms with Crippen molar-refractivity contribution >= 4 is 23.2 Å². The zero-order valence-electron chi connectivity index (χ0n) is 16.7. The molecule has 0 bridgehead atoms. The fourth-order valence-electron chi connectivity index (χ4n) is 2.79. The van der Waals surface area contributed by atoms with Gasteiger partial charge in [0, 0.05) is 26.0 Å². The van der Waals surface area contributed by atoms with Crippen molar-refractivity contribution in [1.82, 2.24) is 15.0 Å². The van der Waals surface area contributed by atoms with E-state index in [4.69, 9.17) is 9.47 Å². The highest BCUT2D eigenvalue weighted by molar-refractivity contribution is 5.88. The molecule has 2 N–H and O–H groups in total. The lowest BCUT2D eigenvalue weighted by Crippen LogP contribution is -2.25. The maximum atomic E-state index is 13.9.